The maximum atomic E-state index is 4.59. The predicted molar refractivity (Wildman–Crippen MR) is 67.2 cm³/mol. The van der Waals surface area contributed by atoms with Crippen LogP contribution in [0.1, 0.15) is 65.2 Å². The average molecular weight is 210 g/mol. The van der Waals surface area contributed by atoms with E-state index in [-0.39, 0.29) is 0 Å². The molecule has 0 aromatic heterocycles. The monoisotopic (exact) mass is 210 g/mol. The first-order valence-corrected chi connectivity index (χ1v) is 6.67. The molecule has 0 amide bonds. The molecule has 0 aliphatic heterocycles. The van der Waals surface area contributed by atoms with Crippen LogP contribution in [0.3, 0.4) is 0 Å². The first kappa shape index (κ1) is 12.5. The minimum Gasteiger partial charge on any atom is -0.310 e. The SMILES string of the molecule is CCCN/N=C(\CCC)C1CCCCC1. The summed E-state index contributed by atoms with van der Waals surface area (Å²) < 4.78 is 0. The Bertz CT molecular complexity index is 181. The molecule has 0 bridgehead atoms. The molecule has 0 heterocycles. The lowest BCUT2D eigenvalue weighted by Crippen LogP contribution is -2.21. The van der Waals surface area contributed by atoms with Crippen LogP contribution in [0, 0.1) is 5.92 Å². The molecule has 2 heteroatoms. The van der Waals surface area contributed by atoms with E-state index >= 15 is 0 Å². The molecule has 0 spiro atoms. The van der Waals surface area contributed by atoms with Gasteiger partial charge in [0.05, 0.1) is 0 Å². The fraction of sp³-hybridized carbons (Fsp3) is 0.923. The molecule has 1 aliphatic rings. The zero-order valence-electron chi connectivity index (χ0n) is 10.4. The first-order chi connectivity index (χ1) is 7.38. The van der Waals surface area contributed by atoms with E-state index in [2.05, 4.69) is 24.4 Å². The number of nitrogens with one attached hydrogen (secondary N) is 1. The van der Waals surface area contributed by atoms with Gasteiger partial charge in [0.2, 0.25) is 0 Å². The standard InChI is InChI=1S/C13H26N2/c1-3-8-13(15-14-11-4-2)12-9-6-5-7-10-12/h12,14H,3-11H2,1-2H3/b15-13+. The van der Waals surface area contributed by atoms with Gasteiger partial charge in [0.25, 0.3) is 0 Å². The third-order valence-electron chi connectivity index (χ3n) is 3.17. The van der Waals surface area contributed by atoms with Crippen molar-refractivity contribution in [3.05, 3.63) is 0 Å². The van der Waals surface area contributed by atoms with Crippen LogP contribution in [0.15, 0.2) is 5.10 Å². The maximum Gasteiger partial charge on any atom is 0.0409 e. The van der Waals surface area contributed by atoms with Crippen LogP contribution in [0.25, 0.3) is 0 Å². The van der Waals surface area contributed by atoms with Crippen molar-refractivity contribution >= 4 is 5.71 Å². The van der Waals surface area contributed by atoms with E-state index in [9.17, 15) is 0 Å². The second kappa shape index (κ2) is 7.72. The Hall–Kier alpha value is -0.530. The van der Waals surface area contributed by atoms with E-state index in [1.807, 2.05) is 0 Å². The van der Waals surface area contributed by atoms with Gasteiger partial charge in [-0.2, -0.15) is 5.10 Å². The Kier molecular flexibility index (Phi) is 6.45. The molecule has 0 aromatic rings. The molecule has 2 nitrogen and oxygen atoms in total. The van der Waals surface area contributed by atoms with Crippen LogP contribution in [-0.2, 0) is 0 Å². The lowest BCUT2D eigenvalue weighted by Gasteiger charge is -2.23. The van der Waals surface area contributed by atoms with Crippen molar-refractivity contribution in [1.82, 2.24) is 5.43 Å². The lowest BCUT2D eigenvalue weighted by atomic mass is 9.84. The highest BCUT2D eigenvalue weighted by Crippen LogP contribution is 2.26. The van der Waals surface area contributed by atoms with Crippen molar-refractivity contribution in [2.75, 3.05) is 6.54 Å². The van der Waals surface area contributed by atoms with E-state index in [0.717, 1.165) is 18.9 Å². The zero-order chi connectivity index (χ0) is 10.9. The van der Waals surface area contributed by atoms with E-state index in [1.54, 1.807) is 0 Å². The van der Waals surface area contributed by atoms with E-state index in [4.69, 9.17) is 0 Å². The van der Waals surface area contributed by atoms with Gasteiger partial charge in [-0.1, -0.05) is 39.5 Å². The molecule has 0 aromatic carbocycles. The Labute approximate surface area is 94.5 Å². The normalized spacial score (nSPS) is 19.2. The van der Waals surface area contributed by atoms with Crippen LogP contribution in [0.2, 0.25) is 0 Å². The highest BCUT2D eigenvalue weighted by molar-refractivity contribution is 5.86. The van der Waals surface area contributed by atoms with Crippen LogP contribution in [0.5, 0.6) is 0 Å². The minimum atomic E-state index is 0.781. The lowest BCUT2D eigenvalue weighted by molar-refractivity contribution is 0.432. The summed E-state index contributed by atoms with van der Waals surface area (Å²) in [7, 11) is 0. The quantitative estimate of drug-likeness (QED) is 0.403. The summed E-state index contributed by atoms with van der Waals surface area (Å²) in [5, 5.41) is 4.59. The zero-order valence-corrected chi connectivity index (χ0v) is 10.4. The number of hydrogen-bond acceptors (Lipinski definition) is 2. The molecular weight excluding hydrogens is 184 g/mol. The largest absolute Gasteiger partial charge is 0.310 e. The van der Waals surface area contributed by atoms with Crippen molar-refractivity contribution in [1.29, 1.82) is 0 Å². The molecule has 0 unspecified atom stereocenters. The Balaban J connectivity index is 2.43. The van der Waals surface area contributed by atoms with Gasteiger partial charge >= 0.3 is 0 Å². The van der Waals surface area contributed by atoms with Gasteiger partial charge in [-0.25, -0.2) is 0 Å². The summed E-state index contributed by atoms with van der Waals surface area (Å²) in [4.78, 5) is 0. The third kappa shape index (κ3) is 4.67. The summed E-state index contributed by atoms with van der Waals surface area (Å²) in [6.45, 7) is 5.45. The van der Waals surface area contributed by atoms with Crippen molar-refractivity contribution in [3.63, 3.8) is 0 Å². The number of rotatable bonds is 6. The number of hydrazone groups is 1. The summed E-state index contributed by atoms with van der Waals surface area (Å²) in [6.07, 6.45) is 10.5. The molecule has 15 heavy (non-hydrogen) atoms. The number of hydrogen-bond donors (Lipinski definition) is 1. The molecule has 88 valence electrons. The Morgan fingerprint density at radius 1 is 1.13 bits per heavy atom. The molecule has 1 aliphatic carbocycles. The van der Waals surface area contributed by atoms with Crippen molar-refractivity contribution in [3.8, 4) is 0 Å². The van der Waals surface area contributed by atoms with Crippen molar-refractivity contribution < 1.29 is 0 Å². The van der Waals surface area contributed by atoms with E-state index < -0.39 is 0 Å². The summed E-state index contributed by atoms with van der Waals surface area (Å²) in [5.41, 5.74) is 4.64. The fourth-order valence-electron chi connectivity index (χ4n) is 2.31. The molecule has 1 fully saturated rings. The van der Waals surface area contributed by atoms with Crippen molar-refractivity contribution in [2.24, 2.45) is 11.0 Å². The highest BCUT2D eigenvalue weighted by Gasteiger charge is 2.18. The molecule has 1 rings (SSSR count). The van der Waals surface area contributed by atoms with Crippen LogP contribution in [0.4, 0.5) is 0 Å². The van der Waals surface area contributed by atoms with Crippen LogP contribution >= 0.6 is 0 Å². The highest BCUT2D eigenvalue weighted by atomic mass is 15.3. The van der Waals surface area contributed by atoms with Crippen LogP contribution in [-0.4, -0.2) is 12.3 Å². The fourth-order valence-corrected chi connectivity index (χ4v) is 2.31. The van der Waals surface area contributed by atoms with Crippen LogP contribution < -0.4 is 5.43 Å². The maximum absolute atomic E-state index is 4.59. The Morgan fingerprint density at radius 2 is 1.87 bits per heavy atom. The topological polar surface area (TPSA) is 24.4 Å². The third-order valence-corrected chi connectivity index (χ3v) is 3.17. The Morgan fingerprint density at radius 3 is 2.47 bits per heavy atom. The van der Waals surface area contributed by atoms with Gasteiger partial charge in [-0.05, 0) is 31.6 Å². The molecule has 1 saturated carbocycles. The number of nitrogens with zero attached hydrogens (tertiary/aromatic N) is 1. The second-order valence-corrected chi connectivity index (χ2v) is 4.60. The molecule has 0 atom stereocenters. The van der Waals surface area contributed by atoms with Gasteiger partial charge in [0.1, 0.15) is 0 Å². The van der Waals surface area contributed by atoms with Crippen molar-refractivity contribution in [2.45, 2.75) is 65.2 Å². The average Bonchev–Trinajstić information content (AvgIpc) is 2.29. The summed E-state index contributed by atoms with van der Waals surface area (Å²) >= 11 is 0. The van der Waals surface area contributed by atoms with Gasteiger partial charge in [0, 0.05) is 12.3 Å². The van der Waals surface area contributed by atoms with Gasteiger partial charge < -0.3 is 5.43 Å². The predicted octanol–water partition coefficient (Wildman–Crippen LogP) is 3.72. The molecular formula is C13H26N2. The molecule has 0 saturated heterocycles. The summed E-state index contributed by atoms with van der Waals surface area (Å²) in [6, 6.07) is 0. The van der Waals surface area contributed by atoms with Gasteiger partial charge in [-0.15, -0.1) is 0 Å². The van der Waals surface area contributed by atoms with Gasteiger partial charge in [0.15, 0.2) is 0 Å². The minimum absolute atomic E-state index is 0.781. The smallest absolute Gasteiger partial charge is 0.0409 e. The molecule has 0 radical (unpaired) electrons. The second-order valence-electron chi connectivity index (χ2n) is 4.60. The van der Waals surface area contributed by atoms with E-state index in [1.165, 1.54) is 50.7 Å². The van der Waals surface area contributed by atoms with E-state index in [0.29, 0.717) is 0 Å². The molecule has 1 N–H and O–H groups in total. The first-order valence-electron chi connectivity index (χ1n) is 6.67. The van der Waals surface area contributed by atoms with Gasteiger partial charge in [-0.3, -0.25) is 0 Å². The summed E-state index contributed by atoms with van der Waals surface area (Å²) in [5.74, 6) is 0.781.